The summed E-state index contributed by atoms with van der Waals surface area (Å²) < 4.78 is 0. The molecule has 3 rings (SSSR count). The minimum atomic E-state index is -0.994. The van der Waals surface area contributed by atoms with Gasteiger partial charge in [0.05, 0.1) is 5.60 Å². The van der Waals surface area contributed by atoms with Gasteiger partial charge < -0.3 is 15.1 Å². The Kier molecular flexibility index (Phi) is 5.22. The highest BCUT2D eigenvalue weighted by atomic mass is 16.3. The van der Waals surface area contributed by atoms with Gasteiger partial charge in [-0.3, -0.25) is 0 Å². The molecule has 1 aliphatic heterocycles. The zero-order chi connectivity index (χ0) is 17.0. The molecule has 1 aliphatic rings. The number of aliphatic hydroxyl groups is 1. The fourth-order valence-corrected chi connectivity index (χ4v) is 3.69. The van der Waals surface area contributed by atoms with E-state index in [4.69, 9.17) is 0 Å². The third-order valence-corrected chi connectivity index (χ3v) is 5.22. The van der Waals surface area contributed by atoms with Gasteiger partial charge in [-0.05, 0) is 56.1 Å². The summed E-state index contributed by atoms with van der Waals surface area (Å²) in [6, 6.07) is 17.2. The normalized spacial score (nSPS) is 19.6. The monoisotopic (exact) mass is 325 g/mol. The molecule has 1 fully saturated rings. The van der Waals surface area contributed by atoms with Gasteiger partial charge in [-0.15, -0.1) is 0 Å². The van der Waals surface area contributed by atoms with E-state index in [0.717, 1.165) is 30.8 Å². The quantitative estimate of drug-likeness (QED) is 0.877. The summed E-state index contributed by atoms with van der Waals surface area (Å²) in [5.74, 6) is 0.211. The van der Waals surface area contributed by atoms with Gasteiger partial charge in [0.15, 0.2) is 0 Å². The second-order valence-corrected chi connectivity index (χ2v) is 7.02. The minimum Gasteiger partial charge on any atom is -0.508 e. The van der Waals surface area contributed by atoms with Gasteiger partial charge in [-0.2, -0.15) is 0 Å². The van der Waals surface area contributed by atoms with Crippen LogP contribution in [0.15, 0.2) is 54.6 Å². The van der Waals surface area contributed by atoms with Gasteiger partial charge >= 0.3 is 0 Å². The predicted octanol–water partition coefficient (Wildman–Crippen LogP) is 3.87. The van der Waals surface area contributed by atoms with Crippen LogP contribution >= 0.6 is 0 Å². The lowest BCUT2D eigenvalue weighted by Crippen LogP contribution is -2.41. The van der Waals surface area contributed by atoms with Crippen molar-refractivity contribution in [3.63, 3.8) is 0 Å². The molecule has 2 aromatic carbocycles. The summed E-state index contributed by atoms with van der Waals surface area (Å²) in [4.78, 5) is 2.47. The number of hydrogen-bond donors (Lipinski definition) is 2. The van der Waals surface area contributed by atoms with Gasteiger partial charge in [-0.25, -0.2) is 0 Å². The molecule has 128 valence electrons. The van der Waals surface area contributed by atoms with Crippen LogP contribution < -0.4 is 0 Å². The van der Waals surface area contributed by atoms with E-state index in [-0.39, 0.29) is 11.7 Å². The summed E-state index contributed by atoms with van der Waals surface area (Å²) in [5.41, 5.74) is 0.999. The molecule has 0 saturated carbocycles. The molecule has 2 unspecified atom stereocenters. The zero-order valence-corrected chi connectivity index (χ0v) is 14.4. The fraction of sp³-hybridized carbons (Fsp3) is 0.429. The van der Waals surface area contributed by atoms with Crippen molar-refractivity contribution in [1.29, 1.82) is 0 Å². The highest BCUT2D eigenvalue weighted by Gasteiger charge is 2.36. The third-order valence-electron chi connectivity index (χ3n) is 5.22. The largest absolute Gasteiger partial charge is 0.508 e. The van der Waals surface area contributed by atoms with Gasteiger partial charge in [-0.1, -0.05) is 48.9 Å². The molecule has 3 heteroatoms. The molecule has 2 aromatic rings. The average molecular weight is 325 g/mol. The molecule has 0 bridgehead atoms. The Hall–Kier alpha value is -1.84. The number of piperidine rings is 1. The Bertz CT molecular complexity index is 631. The molecular formula is C21H27NO2. The maximum absolute atomic E-state index is 11.4. The standard InChI is InChI=1S/C21H27NO2/c1-21(24,18-10-12-19(23)13-11-18)20(17-8-4-2-5-9-17)16-22-14-6-3-7-15-22/h2,4-5,8-13,20,23-24H,3,6-7,14-16H2,1H3. The van der Waals surface area contributed by atoms with Gasteiger partial charge in [0.25, 0.3) is 0 Å². The molecule has 2 N–H and O–H groups in total. The van der Waals surface area contributed by atoms with Crippen LogP contribution in [0, 0.1) is 0 Å². The van der Waals surface area contributed by atoms with Crippen LogP contribution in [0.2, 0.25) is 0 Å². The molecule has 0 radical (unpaired) electrons. The number of phenols is 1. The van der Waals surface area contributed by atoms with Crippen molar-refractivity contribution in [3.8, 4) is 5.75 Å². The number of likely N-dealkylation sites (tertiary alicyclic amines) is 1. The topological polar surface area (TPSA) is 43.7 Å². The number of benzene rings is 2. The van der Waals surface area contributed by atoms with Crippen LogP contribution in [-0.4, -0.2) is 34.7 Å². The summed E-state index contributed by atoms with van der Waals surface area (Å²) in [5, 5.41) is 21.0. The molecule has 1 saturated heterocycles. The molecule has 2 atom stereocenters. The van der Waals surface area contributed by atoms with Crippen molar-refractivity contribution in [2.75, 3.05) is 19.6 Å². The number of aromatic hydroxyl groups is 1. The Morgan fingerprint density at radius 2 is 1.58 bits per heavy atom. The lowest BCUT2D eigenvalue weighted by molar-refractivity contribution is 0.0107. The summed E-state index contributed by atoms with van der Waals surface area (Å²) >= 11 is 0. The van der Waals surface area contributed by atoms with Crippen molar-refractivity contribution in [2.45, 2.75) is 37.7 Å². The smallest absolute Gasteiger partial charge is 0.115 e. The van der Waals surface area contributed by atoms with E-state index in [1.54, 1.807) is 12.1 Å². The summed E-state index contributed by atoms with van der Waals surface area (Å²) in [7, 11) is 0. The van der Waals surface area contributed by atoms with E-state index >= 15 is 0 Å². The van der Waals surface area contributed by atoms with Crippen LogP contribution in [0.25, 0.3) is 0 Å². The first kappa shape index (κ1) is 17.0. The molecule has 0 amide bonds. The predicted molar refractivity (Wildman–Crippen MR) is 97.2 cm³/mol. The molecule has 3 nitrogen and oxygen atoms in total. The minimum absolute atomic E-state index is 0.0126. The Morgan fingerprint density at radius 3 is 2.21 bits per heavy atom. The van der Waals surface area contributed by atoms with E-state index in [9.17, 15) is 10.2 Å². The van der Waals surface area contributed by atoms with E-state index in [1.807, 2.05) is 37.3 Å². The van der Waals surface area contributed by atoms with Crippen molar-refractivity contribution in [3.05, 3.63) is 65.7 Å². The lowest BCUT2D eigenvalue weighted by Gasteiger charge is -2.38. The Balaban J connectivity index is 1.91. The van der Waals surface area contributed by atoms with Crippen LogP contribution in [0.4, 0.5) is 0 Å². The number of phenolic OH excluding ortho intramolecular Hbond substituents is 1. The zero-order valence-electron chi connectivity index (χ0n) is 14.4. The Morgan fingerprint density at radius 1 is 0.958 bits per heavy atom. The van der Waals surface area contributed by atoms with Crippen LogP contribution in [0.3, 0.4) is 0 Å². The number of hydrogen-bond acceptors (Lipinski definition) is 3. The van der Waals surface area contributed by atoms with Crippen LogP contribution in [-0.2, 0) is 5.60 Å². The van der Waals surface area contributed by atoms with E-state index in [0.29, 0.717) is 0 Å². The van der Waals surface area contributed by atoms with Crippen molar-refractivity contribution in [1.82, 2.24) is 4.90 Å². The van der Waals surface area contributed by atoms with Crippen LogP contribution in [0.5, 0.6) is 5.75 Å². The van der Waals surface area contributed by atoms with E-state index in [2.05, 4.69) is 17.0 Å². The first-order valence-corrected chi connectivity index (χ1v) is 8.86. The van der Waals surface area contributed by atoms with E-state index < -0.39 is 5.60 Å². The maximum atomic E-state index is 11.4. The first-order valence-electron chi connectivity index (χ1n) is 8.86. The van der Waals surface area contributed by atoms with Gasteiger partial charge in [0.2, 0.25) is 0 Å². The fourth-order valence-electron chi connectivity index (χ4n) is 3.69. The highest BCUT2D eigenvalue weighted by molar-refractivity contribution is 5.34. The van der Waals surface area contributed by atoms with E-state index in [1.165, 1.54) is 19.3 Å². The first-order chi connectivity index (χ1) is 11.6. The molecule has 24 heavy (non-hydrogen) atoms. The third kappa shape index (κ3) is 3.80. The van der Waals surface area contributed by atoms with Gasteiger partial charge in [0.1, 0.15) is 5.75 Å². The molecule has 1 heterocycles. The van der Waals surface area contributed by atoms with Crippen molar-refractivity contribution >= 4 is 0 Å². The second-order valence-electron chi connectivity index (χ2n) is 7.02. The molecule has 0 aliphatic carbocycles. The maximum Gasteiger partial charge on any atom is 0.115 e. The summed E-state index contributed by atoms with van der Waals surface area (Å²) in [6.07, 6.45) is 3.78. The lowest BCUT2D eigenvalue weighted by atomic mass is 9.78. The molecular weight excluding hydrogens is 298 g/mol. The SMILES string of the molecule is CC(O)(c1ccc(O)cc1)C(CN1CCCCC1)c1ccccc1. The molecule has 0 spiro atoms. The number of rotatable bonds is 5. The van der Waals surface area contributed by atoms with Crippen LogP contribution in [0.1, 0.15) is 43.2 Å². The van der Waals surface area contributed by atoms with Crippen molar-refractivity contribution in [2.24, 2.45) is 0 Å². The average Bonchev–Trinajstić information content (AvgIpc) is 2.61. The Labute approximate surface area is 144 Å². The van der Waals surface area contributed by atoms with Gasteiger partial charge in [0, 0.05) is 12.5 Å². The molecule has 0 aromatic heterocycles. The highest BCUT2D eigenvalue weighted by Crippen LogP contribution is 2.38. The van der Waals surface area contributed by atoms with Crippen molar-refractivity contribution < 1.29 is 10.2 Å². The second kappa shape index (κ2) is 7.37. The summed E-state index contributed by atoms with van der Waals surface area (Å²) in [6.45, 7) is 4.95. The number of nitrogens with zero attached hydrogens (tertiary/aromatic N) is 1.